The van der Waals surface area contributed by atoms with E-state index in [1.54, 1.807) is 7.11 Å². The summed E-state index contributed by atoms with van der Waals surface area (Å²) < 4.78 is 5.74. The molecule has 7 nitrogen and oxygen atoms in total. The number of nitrogens with one attached hydrogen (secondary N) is 1. The van der Waals surface area contributed by atoms with E-state index < -0.39 is 0 Å². The molecular weight excluding hydrogens is 376 g/mol. The zero-order valence-electron chi connectivity index (χ0n) is 17.7. The Morgan fingerprint density at radius 1 is 1.17 bits per heavy atom. The van der Waals surface area contributed by atoms with Gasteiger partial charge in [-0.2, -0.15) is 0 Å². The van der Waals surface area contributed by atoms with Crippen LogP contribution < -0.4 is 0 Å². The van der Waals surface area contributed by atoms with Gasteiger partial charge in [0.2, 0.25) is 0 Å². The number of tetrazole rings is 1. The Morgan fingerprint density at radius 2 is 2.07 bits per heavy atom. The molecule has 154 valence electrons. The molecule has 0 radical (unpaired) electrons. The highest BCUT2D eigenvalue weighted by molar-refractivity contribution is 5.91. The Labute approximate surface area is 176 Å². The molecule has 0 spiro atoms. The molecule has 0 saturated carbocycles. The predicted molar refractivity (Wildman–Crippen MR) is 114 cm³/mol. The fourth-order valence-corrected chi connectivity index (χ4v) is 4.86. The monoisotopic (exact) mass is 402 g/mol. The van der Waals surface area contributed by atoms with Gasteiger partial charge in [-0.15, -0.1) is 5.10 Å². The Kier molecular flexibility index (Phi) is 4.81. The third kappa shape index (κ3) is 3.18. The fraction of sp³-hybridized carbons (Fsp3) is 0.435. The summed E-state index contributed by atoms with van der Waals surface area (Å²) in [6.45, 7) is 4.34. The number of methoxy groups -OCH3 is 1. The number of allylic oxidation sites excluding steroid dienone is 2. The summed E-state index contributed by atoms with van der Waals surface area (Å²) in [4.78, 5) is 9.64. The van der Waals surface area contributed by atoms with E-state index in [1.807, 2.05) is 13.1 Å². The van der Waals surface area contributed by atoms with Gasteiger partial charge in [-0.3, -0.25) is 9.97 Å². The quantitative estimate of drug-likeness (QED) is 0.700. The van der Waals surface area contributed by atoms with Gasteiger partial charge in [-0.25, -0.2) is 5.10 Å². The summed E-state index contributed by atoms with van der Waals surface area (Å²) in [5, 5.41) is 15.1. The Hall–Kier alpha value is -3.09. The standard InChI is InChI=1S/C23H26N6O/c1-13-7-8-18-17(11-13)20(15-9-10-24-14(2)12-15)21(23-26-28-29-27-23)22(25-18)16-5-4-6-19(16)30-3/h9-10,12-13H,4-8,11H2,1-3H3,(H,26,27,28,29). The summed E-state index contributed by atoms with van der Waals surface area (Å²) in [6, 6.07) is 4.23. The first-order valence-electron chi connectivity index (χ1n) is 10.6. The van der Waals surface area contributed by atoms with E-state index in [1.165, 1.54) is 22.4 Å². The molecule has 0 amide bonds. The number of rotatable bonds is 4. The maximum Gasteiger partial charge on any atom is 0.182 e. The average molecular weight is 403 g/mol. The number of aromatic amines is 1. The molecule has 1 atom stereocenters. The summed E-state index contributed by atoms with van der Waals surface area (Å²) in [5.74, 6) is 2.29. The van der Waals surface area contributed by atoms with E-state index in [-0.39, 0.29) is 0 Å². The van der Waals surface area contributed by atoms with Crippen molar-refractivity contribution in [1.29, 1.82) is 0 Å². The van der Waals surface area contributed by atoms with Crippen LogP contribution >= 0.6 is 0 Å². The second-order valence-corrected chi connectivity index (χ2v) is 8.38. The van der Waals surface area contributed by atoms with Crippen LogP contribution in [0.2, 0.25) is 0 Å². The van der Waals surface area contributed by atoms with Gasteiger partial charge < -0.3 is 4.74 Å². The summed E-state index contributed by atoms with van der Waals surface area (Å²) >= 11 is 0. The number of aromatic nitrogens is 6. The van der Waals surface area contributed by atoms with Gasteiger partial charge in [-0.05, 0) is 78.6 Å². The van der Waals surface area contributed by atoms with E-state index in [0.717, 1.165) is 66.8 Å². The summed E-state index contributed by atoms with van der Waals surface area (Å²) in [5.41, 5.74) is 8.93. The molecule has 0 bridgehead atoms. The highest BCUT2D eigenvalue weighted by Gasteiger charge is 2.31. The van der Waals surface area contributed by atoms with Crippen LogP contribution in [-0.2, 0) is 17.6 Å². The van der Waals surface area contributed by atoms with Crippen LogP contribution in [0.5, 0.6) is 0 Å². The molecule has 0 aliphatic heterocycles. The summed E-state index contributed by atoms with van der Waals surface area (Å²) in [7, 11) is 1.75. The second kappa shape index (κ2) is 7.63. The van der Waals surface area contributed by atoms with Gasteiger partial charge in [0.25, 0.3) is 0 Å². The van der Waals surface area contributed by atoms with Gasteiger partial charge >= 0.3 is 0 Å². The molecule has 3 aromatic rings. The normalized spacial score (nSPS) is 18.6. The van der Waals surface area contributed by atoms with Crippen LogP contribution in [0.25, 0.3) is 28.1 Å². The van der Waals surface area contributed by atoms with E-state index in [2.05, 4.69) is 44.7 Å². The van der Waals surface area contributed by atoms with Gasteiger partial charge in [-0.1, -0.05) is 6.92 Å². The highest BCUT2D eigenvalue weighted by Crippen LogP contribution is 2.45. The SMILES string of the molecule is COC1=C(c2nc3c(c(-c4ccnc(C)c4)c2-c2nnn[nH]2)CC(C)CC3)CCC1. The smallest absolute Gasteiger partial charge is 0.182 e. The van der Waals surface area contributed by atoms with Crippen LogP contribution in [-0.4, -0.2) is 37.7 Å². The largest absolute Gasteiger partial charge is 0.501 e. The fourth-order valence-electron chi connectivity index (χ4n) is 4.86. The van der Waals surface area contributed by atoms with Crippen molar-refractivity contribution in [2.45, 2.75) is 52.4 Å². The van der Waals surface area contributed by atoms with Gasteiger partial charge in [0, 0.05) is 35.1 Å². The van der Waals surface area contributed by atoms with Gasteiger partial charge in [0.1, 0.15) is 5.76 Å². The van der Waals surface area contributed by atoms with Crippen molar-refractivity contribution in [2.24, 2.45) is 5.92 Å². The molecule has 1 unspecified atom stereocenters. The number of hydrogen-bond acceptors (Lipinski definition) is 6. The predicted octanol–water partition coefficient (Wildman–Crippen LogP) is 4.30. The third-order valence-corrected chi connectivity index (χ3v) is 6.28. The van der Waals surface area contributed by atoms with Crippen molar-refractivity contribution in [3.63, 3.8) is 0 Å². The highest BCUT2D eigenvalue weighted by atomic mass is 16.5. The minimum atomic E-state index is 0.618. The first kappa shape index (κ1) is 18.9. The topological polar surface area (TPSA) is 89.5 Å². The lowest BCUT2D eigenvalue weighted by molar-refractivity contribution is 0.284. The molecule has 30 heavy (non-hydrogen) atoms. The molecule has 1 N–H and O–H groups in total. The molecule has 2 aliphatic rings. The van der Waals surface area contributed by atoms with Gasteiger partial charge in [0.05, 0.1) is 18.4 Å². The van der Waals surface area contributed by atoms with Crippen molar-refractivity contribution in [1.82, 2.24) is 30.6 Å². The molecule has 2 aliphatic carbocycles. The average Bonchev–Trinajstić information content (AvgIpc) is 3.44. The van der Waals surface area contributed by atoms with E-state index >= 15 is 0 Å². The Balaban J connectivity index is 1.88. The van der Waals surface area contributed by atoms with Crippen molar-refractivity contribution < 1.29 is 4.74 Å². The molecular formula is C23H26N6O. The van der Waals surface area contributed by atoms with Crippen molar-refractivity contribution >= 4 is 5.57 Å². The molecule has 3 heterocycles. The molecule has 0 aromatic carbocycles. The molecule has 0 saturated heterocycles. The Bertz CT molecular complexity index is 1120. The number of hydrogen-bond donors (Lipinski definition) is 1. The van der Waals surface area contributed by atoms with E-state index in [9.17, 15) is 0 Å². The third-order valence-electron chi connectivity index (χ3n) is 6.28. The molecule has 7 heteroatoms. The van der Waals surface area contributed by atoms with E-state index in [4.69, 9.17) is 9.72 Å². The van der Waals surface area contributed by atoms with Crippen molar-refractivity contribution in [3.8, 4) is 22.5 Å². The molecule has 3 aromatic heterocycles. The minimum Gasteiger partial charge on any atom is -0.501 e. The maximum absolute atomic E-state index is 5.74. The number of pyridine rings is 2. The first-order valence-corrected chi connectivity index (χ1v) is 10.6. The van der Waals surface area contributed by atoms with Crippen molar-refractivity contribution in [3.05, 3.63) is 46.7 Å². The minimum absolute atomic E-state index is 0.618. The van der Waals surface area contributed by atoms with Crippen LogP contribution in [0.15, 0.2) is 24.1 Å². The Morgan fingerprint density at radius 3 is 2.83 bits per heavy atom. The lowest BCUT2D eigenvalue weighted by Crippen LogP contribution is -2.17. The zero-order chi connectivity index (χ0) is 20.7. The first-order chi connectivity index (χ1) is 14.7. The number of fused-ring (bicyclic) bond motifs is 1. The van der Waals surface area contributed by atoms with Gasteiger partial charge in [0.15, 0.2) is 5.82 Å². The second-order valence-electron chi connectivity index (χ2n) is 8.38. The van der Waals surface area contributed by atoms with Crippen LogP contribution in [0, 0.1) is 12.8 Å². The van der Waals surface area contributed by atoms with Crippen LogP contribution in [0.4, 0.5) is 0 Å². The number of H-pyrrole nitrogens is 1. The lowest BCUT2D eigenvalue weighted by Gasteiger charge is -2.27. The number of ether oxygens (including phenoxy) is 1. The lowest BCUT2D eigenvalue weighted by atomic mass is 9.80. The molecule has 0 fully saturated rings. The summed E-state index contributed by atoms with van der Waals surface area (Å²) in [6.07, 6.45) is 8.00. The number of aryl methyl sites for hydroxylation is 2. The van der Waals surface area contributed by atoms with E-state index in [0.29, 0.717) is 11.7 Å². The van der Waals surface area contributed by atoms with Crippen LogP contribution in [0.3, 0.4) is 0 Å². The number of nitrogens with zero attached hydrogens (tertiary/aromatic N) is 5. The zero-order valence-corrected chi connectivity index (χ0v) is 17.7. The van der Waals surface area contributed by atoms with Crippen molar-refractivity contribution in [2.75, 3.05) is 7.11 Å². The maximum atomic E-state index is 5.74. The molecule has 5 rings (SSSR count). The van der Waals surface area contributed by atoms with Crippen LogP contribution in [0.1, 0.15) is 55.3 Å².